The van der Waals surface area contributed by atoms with E-state index in [4.69, 9.17) is 10.1 Å². The van der Waals surface area contributed by atoms with Crippen LogP contribution in [0.25, 0.3) is 0 Å². The maximum atomic E-state index is 12.3. The molecule has 0 amide bonds. The summed E-state index contributed by atoms with van der Waals surface area (Å²) in [6.07, 6.45) is 1.11. The first-order chi connectivity index (χ1) is 18.0. The van der Waals surface area contributed by atoms with Gasteiger partial charge in [0.25, 0.3) is 0 Å². The fourth-order valence-electron chi connectivity index (χ4n) is 3.87. The van der Waals surface area contributed by atoms with Gasteiger partial charge < -0.3 is 25.3 Å². The summed E-state index contributed by atoms with van der Waals surface area (Å²) >= 11 is 0. The third kappa shape index (κ3) is 8.95. The average Bonchev–Trinajstić information content (AvgIpc) is 3.44. The molecular formula is C28H36F3N3O4. The largest absolute Gasteiger partial charge is 0.573 e. The van der Waals surface area contributed by atoms with Gasteiger partial charge in [-0.05, 0) is 61.2 Å². The van der Waals surface area contributed by atoms with E-state index in [9.17, 15) is 23.1 Å². The van der Waals surface area contributed by atoms with Crippen molar-refractivity contribution in [3.63, 3.8) is 0 Å². The van der Waals surface area contributed by atoms with E-state index >= 15 is 0 Å². The molecule has 0 bridgehead atoms. The van der Waals surface area contributed by atoms with E-state index in [0.717, 1.165) is 24.8 Å². The maximum absolute atomic E-state index is 12.3. The molecule has 1 unspecified atom stereocenters. The Morgan fingerprint density at radius 2 is 1.82 bits per heavy atom. The van der Waals surface area contributed by atoms with Gasteiger partial charge in [0, 0.05) is 40.6 Å². The second kappa shape index (κ2) is 14.6. The molecule has 1 atom stereocenters. The number of Topliss-reactive ketones (excluding diaryl/α,β-unsaturated/α-hetero) is 1. The summed E-state index contributed by atoms with van der Waals surface area (Å²) in [4.78, 5) is 15.7. The molecule has 7 nitrogen and oxygen atoms in total. The van der Waals surface area contributed by atoms with Crippen molar-refractivity contribution in [2.45, 2.75) is 59.9 Å². The van der Waals surface area contributed by atoms with E-state index < -0.39 is 6.36 Å². The Balaban J connectivity index is 0.000000384. The van der Waals surface area contributed by atoms with Crippen LogP contribution in [-0.2, 0) is 16.1 Å². The molecular weight excluding hydrogens is 499 g/mol. The van der Waals surface area contributed by atoms with Crippen LogP contribution in [0, 0.1) is 17.2 Å². The van der Waals surface area contributed by atoms with Crippen molar-refractivity contribution in [3.05, 3.63) is 59.3 Å². The van der Waals surface area contributed by atoms with Crippen LogP contribution < -0.4 is 10.1 Å². The number of nitrogens with one attached hydrogen (secondary N) is 2. The molecule has 1 aliphatic heterocycles. The van der Waals surface area contributed by atoms with Crippen molar-refractivity contribution in [2.75, 3.05) is 18.5 Å². The molecule has 0 saturated heterocycles. The van der Waals surface area contributed by atoms with Gasteiger partial charge in [0.05, 0.1) is 19.8 Å². The van der Waals surface area contributed by atoms with Crippen LogP contribution in [0.3, 0.4) is 0 Å². The summed E-state index contributed by atoms with van der Waals surface area (Å²) < 4.78 is 45.7. The van der Waals surface area contributed by atoms with Crippen LogP contribution in [0.15, 0.2) is 48.2 Å². The summed E-state index contributed by atoms with van der Waals surface area (Å²) in [6.45, 7) is 8.85. The Bertz CT molecular complexity index is 1100. The number of halogens is 3. The molecule has 2 heterocycles. The molecule has 0 radical (unpaired) electrons. The number of hydrogen-bond donors (Lipinski definition) is 3. The van der Waals surface area contributed by atoms with Crippen LogP contribution in [0.5, 0.6) is 5.75 Å². The number of anilines is 2. The molecule has 0 spiro atoms. The summed E-state index contributed by atoms with van der Waals surface area (Å²) in [5, 5.41) is 21.2. The SMILES string of the molecule is CCC(C)C(=O)C1=CCOC1.CCC(CC)C(=N)c1c(CO)ccnc1Nc1ccc(OC(F)(F)F)cc1. The number of ketones is 1. The first kappa shape index (κ1) is 31.0. The summed E-state index contributed by atoms with van der Waals surface area (Å²) in [5.41, 5.74) is 2.81. The monoisotopic (exact) mass is 535 g/mol. The molecule has 0 aliphatic carbocycles. The lowest BCUT2D eigenvalue weighted by molar-refractivity contribution is -0.274. The van der Waals surface area contributed by atoms with Gasteiger partial charge in [0.15, 0.2) is 5.78 Å². The van der Waals surface area contributed by atoms with Crippen molar-refractivity contribution in [3.8, 4) is 5.75 Å². The molecule has 1 aromatic carbocycles. The minimum absolute atomic E-state index is 0.0163. The fraction of sp³-hybridized carbons (Fsp3) is 0.464. The van der Waals surface area contributed by atoms with Gasteiger partial charge in [0.2, 0.25) is 0 Å². The van der Waals surface area contributed by atoms with Gasteiger partial charge in [-0.1, -0.05) is 27.7 Å². The Labute approximate surface area is 221 Å². The Morgan fingerprint density at radius 1 is 1.16 bits per heavy atom. The van der Waals surface area contributed by atoms with Crippen molar-refractivity contribution >= 4 is 23.0 Å². The van der Waals surface area contributed by atoms with Crippen LogP contribution >= 0.6 is 0 Å². The van der Waals surface area contributed by atoms with E-state index in [1.165, 1.54) is 30.5 Å². The molecule has 10 heteroatoms. The first-order valence-corrected chi connectivity index (χ1v) is 12.7. The third-order valence-corrected chi connectivity index (χ3v) is 6.30. The second-order valence-corrected chi connectivity index (χ2v) is 8.89. The van der Waals surface area contributed by atoms with E-state index in [0.29, 0.717) is 41.6 Å². The highest BCUT2D eigenvalue weighted by Crippen LogP contribution is 2.29. The second-order valence-electron chi connectivity index (χ2n) is 8.89. The lowest BCUT2D eigenvalue weighted by Crippen LogP contribution is -2.18. The maximum Gasteiger partial charge on any atom is 0.573 e. The standard InChI is InChI=1S/C19H22F3N3O2.C9H14O2/c1-3-12(4-2)17(23)16-13(11-26)9-10-24-18(16)25-14-5-7-15(8-6-14)27-19(20,21)22;1-3-7(2)9(10)8-4-5-11-6-8/h5-10,12,23,26H,3-4,11H2,1-2H3,(H,24,25);4,7H,3,5-6H2,1-2H3. The topological polar surface area (TPSA) is 105 Å². The number of aromatic nitrogens is 1. The minimum atomic E-state index is -4.75. The number of aliphatic hydroxyl groups is 1. The van der Waals surface area contributed by atoms with Crippen molar-refractivity contribution in [2.24, 2.45) is 11.8 Å². The summed E-state index contributed by atoms with van der Waals surface area (Å²) in [7, 11) is 0. The minimum Gasteiger partial charge on any atom is -0.406 e. The number of carbonyl (C=O) groups excluding carboxylic acids is 1. The predicted molar refractivity (Wildman–Crippen MR) is 141 cm³/mol. The van der Waals surface area contributed by atoms with Gasteiger partial charge in [-0.25, -0.2) is 4.98 Å². The van der Waals surface area contributed by atoms with Gasteiger partial charge in [-0.2, -0.15) is 0 Å². The average molecular weight is 536 g/mol. The Hall–Kier alpha value is -3.24. The molecule has 2 aromatic rings. The van der Waals surface area contributed by atoms with E-state index in [1.807, 2.05) is 33.8 Å². The van der Waals surface area contributed by atoms with E-state index in [-0.39, 0.29) is 30.0 Å². The van der Waals surface area contributed by atoms with Gasteiger partial charge >= 0.3 is 6.36 Å². The fourth-order valence-corrected chi connectivity index (χ4v) is 3.87. The highest BCUT2D eigenvalue weighted by Gasteiger charge is 2.31. The number of ether oxygens (including phenoxy) is 2. The highest BCUT2D eigenvalue weighted by atomic mass is 19.4. The third-order valence-electron chi connectivity index (χ3n) is 6.30. The molecule has 208 valence electrons. The quantitative estimate of drug-likeness (QED) is 0.281. The Kier molecular flexibility index (Phi) is 11.9. The highest BCUT2D eigenvalue weighted by molar-refractivity contribution is 6.05. The van der Waals surface area contributed by atoms with Gasteiger partial charge in [-0.15, -0.1) is 13.2 Å². The number of carbonyl (C=O) groups is 1. The molecule has 0 saturated carbocycles. The summed E-state index contributed by atoms with van der Waals surface area (Å²) in [6, 6.07) is 6.89. The number of rotatable bonds is 11. The molecule has 38 heavy (non-hydrogen) atoms. The normalized spacial score (nSPS) is 13.9. The van der Waals surface area contributed by atoms with Crippen LogP contribution in [-0.4, -0.2) is 41.2 Å². The number of nitrogens with zero attached hydrogens (tertiary/aromatic N) is 1. The predicted octanol–water partition coefficient (Wildman–Crippen LogP) is 6.58. The molecule has 1 aliphatic rings. The molecule has 0 fully saturated rings. The number of hydrogen-bond acceptors (Lipinski definition) is 7. The zero-order valence-electron chi connectivity index (χ0n) is 22.2. The lowest BCUT2D eigenvalue weighted by atomic mass is 9.90. The van der Waals surface area contributed by atoms with Crippen molar-refractivity contribution in [1.82, 2.24) is 4.98 Å². The number of aliphatic hydroxyl groups excluding tert-OH is 1. The number of pyridine rings is 1. The number of alkyl halides is 3. The lowest BCUT2D eigenvalue weighted by Gasteiger charge is -2.20. The van der Waals surface area contributed by atoms with Crippen molar-refractivity contribution in [1.29, 1.82) is 5.41 Å². The summed E-state index contributed by atoms with van der Waals surface area (Å²) in [5.74, 6) is 0.480. The molecule has 1 aromatic heterocycles. The molecule has 3 N–H and O–H groups in total. The van der Waals surface area contributed by atoms with Crippen LogP contribution in [0.2, 0.25) is 0 Å². The number of benzene rings is 1. The van der Waals surface area contributed by atoms with Gasteiger partial charge in [-0.3, -0.25) is 4.79 Å². The van der Waals surface area contributed by atoms with Crippen LogP contribution in [0.1, 0.15) is 58.1 Å². The Morgan fingerprint density at radius 3 is 2.32 bits per heavy atom. The molecule has 3 rings (SSSR count). The van der Waals surface area contributed by atoms with Gasteiger partial charge in [0.1, 0.15) is 11.6 Å². The van der Waals surface area contributed by atoms with Crippen molar-refractivity contribution < 1.29 is 32.5 Å². The first-order valence-electron chi connectivity index (χ1n) is 12.7. The smallest absolute Gasteiger partial charge is 0.406 e. The van der Waals surface area contributed by atoms with E-state index in [1.54, 1.807) is 6.07 Å². The van der Waals surface area contributed by atoms with E-state index in [2.05, 4.69) is 15.0 Å². The zero-order chi connectivity index (χ0) is 28.3. The zero-order valence-corrected chi connectivity index (χ0v) is 22.2. The van der Waals surface area contributed by atoms with Crippen LogP contribution in [0.4, 0.5) is 24.7 Å².